The third-order valence-electron chi connectivity index (χ3n) is 15.9. The highest BCUT2D eigenvalue weighted by atomic mass is 15.2. The van der Waals surface area contributed by atoms with Crippen molar-refractivity contribution in [2.75, 3.05) is 4.90 Å². The summed E-state index contributed by atoms with van der Waals surface area (Å²) in [7, 11) is 0. The monoisotopic (exact) mass is 831 g/mol. The lowest BCUT2D eigenvalue weighted by atomic mass is 9.62. The molecule has 12 rings (SSSR count). The number of nitrogens with one attached hydrogen (secondary N) is 1. The molecule has 6 unspecified atom stereocenters. The Morgan fingerprint density at radius 2 is 1.22 bits per heavy atom. The van der Waals surface area contributed by atoms with E-state index in [0.29, 0.717) is 5.92 Å². The van der Waals surface area contributed by atoms with E-state index in [2.05, 4.69) is 221 Å². The van der Waals surface area contributed by atoms with Gasteiger partial charge in [-0.15, -0.1) is 0 Å². The van der Waals surface area contributed by atoms with Crippen LogP contribution in [-0.2, 0) is 17.3 Å². The van der Waals surface area contributed by atoms with Crippen LogP contribution in [0.4, 0.5) is 11.4 Å². The Labute approximate surface area is 379 Å². The second-order valence-electron chi connectivity index (χ2n) is 20.6. The van der Waals surface area contributed by atoms with Crippen LogP contribution in [-0.4, -0.2) is 11.9 Å². The summed E-state index contributed by atoms with van der Waals surface area (Å²) >= 11 is 0. The van der Waals surface area contributed by atoms with Crippen LogP contribution in [0.25, 0.3) is 23.3 Å². The van der Waals surface area contributed by atoms with E-state index in [4.69, 9.17) is 4.99 Å². The Bertz CT molecular complexity index is 3100. The van der Waals surface area contributed by atoms with Crippen molar-refractivity contribution in [3.63, 3.8) is 0 Å². The Morgan fingerprint density at radius 3 is 1.95 bits per heavy atom. The molecule has 64 heavy (non-hydrogen) atoms. The molecule has 6 atom stereocenters. The van der Waals surface area contributed by atoms with Gasteiger partial charge in [-0.2, -0.15) is 0 Å². The lowest BCUT2D eigenvalue weighted by molar-refractivity contribution is 0.332. The molecule has 0 spiro atoms. The zero-order chi connectivity index (χ0) is 43.3. The molecule has 0 fully saturated rings. The SMILES string of the molecule is CC1C(c2ccc3c(c2)-c2ccccc2C(c2ccccc2)C3)N=C(c2ccc(N3c4cc5c(cc4C4C=c6ccccc6=CC43)C(C)(C)CCC5(C)C)cc2)NC1c1ccccc1. The third kappa shape index (κ3) is 6.33. The van der Waals surface area contributed by atoms with E-state index >= 15 is 0 Å². The van der Waals surface area contributed by atoms with E-state index < -0.39 is 0 Å². The van der Waals surface area contributed by atoms with E-state index in [9.17, 15) is 0 Å². The molecule has 0 radical (unpaired) electrons. The minimum absolute atomic E-state index is 0.0251. The molecule has 0 bridgehead atoms. The summed E-state index contributed by atoms with van der Waals surface area (Å²) in [4.78, 5) is 8.29. The molecule has 2 aliphatic heterocycles. The van der Waals surface area contributed by atoms with Crippen molar-refractivity contribution in [1.82, 2.24) is 5.32 Å². The molecule has 3 aliphatic carbocycles. The molecule has 7 aromatic rings. The van der Waals surface area contributed by atoms with Gasteiger partial charge in [-0.05, 0) is 133 Å². The largest absolute Gasteiger partial charge is 0.363 e. The predicted molar refractivity (Wildman–Crippen MR) is 266 cm³/mol. The van der Waals surface area contributed by atoms with Crippen molar-refractivity contribution in [3.8, 4) is 11.1 Å². The summed E-state index contributed by atoms with van der Waals surface area (Å²) < 4.78 is 0. The summed E-state index contributed by atoms with van der Waals surface area (Å²) in [6.45, 7) is 12.2. The maximum Gasteiger partial charge on any atom is 0.129 e. The summed E-state index contributed by atoms with van der Waals surface area (Å²) in [6.07, 6.45) is 8.46. The summed E-state index contributed by atoms with van der Waals surface area (Å²) in [6, 6.07) is 61.9. The van der Waals surface area contributed by atoms with Gasteiger partial charge in [0, 0.05) is 34.7 Å². The highest BCUT2D eigenvalue weighted by Gasteiger charge is 2.44. The molecule has 0 saturated heterocycles. The molecule has 5 aliphatic rings. The van der Waals surface area contributed by atoms with E-state index in [-0.39, 0.29) is 40.8 Å². The number of hydrogen-bond donors (Lipinski definition) is 1. The predicted octanol–water partition coefficient (Wildman–Crippen LogP) is 12.7. The van der Waals surface area contributed by atoms with Gasteiger partial charge in [0.05, 0.1) is 18.1 Å². The van der Waals surface area contributed by atoms with Crippen molar-refractivity contribution >= 4 is 29.4 Å². The topological polar surface area (TPSA) is 27.6 Å². The fourth-order valence-electron chi connectivity index (χ4n) is 12.2. The van der Waals surface area contributed by atoms with Gasteiger partial charge in [-0.1, -0.05) is 174 Å². The zero-order valence-corrected chi connectivity index (χ0v) is 37.7. The first kappa shape index (κ1) is 39.2. The molecule has 1 N–H and O–H groups in total. The van der Waals surface area contributed by atoms with Gasteiger partial charge >= 0.3 is 0 Å². The number of aliphatic imine (C=N–C) groups is 1. The van der Waals surface area contributed by atoms with Gasteiger partial charge in [-0.3, -0.25) is 4.99 Å². The number of anilines is 2. The van der Waals surface area contributed by atoms with Gasteiger partial charge in [0.2, 0.25) is 0 Å². The number of nitrogens with zero attached hydrogens (tertiary/aromatic N) is 2. The van der Waals surface area contributed by atoms with Crippen LogP contribution in [0.1, 0.15) is 121 Å². The van der Waals surface area contributed by atoms with Gasteiger partial charge in [0.25, 0.3) is 0 Å². The Kier molecular flexibility index (Phi) is 9.06. The van der Waals surface area contributed by atoms with Crippen LogP contribution in [0.2, 0.25) is 0 Å². The van der Waals surface area contributed by atoms with Crippen LogP contribution < -0.4 is 20.7 Å². The van der Waals surface area contributed by atoms with Crippen LogP contribution in [0.3, 0.4) is 0 Å². The Balaban J connectivity index is 0.942. The standard InChI is InChI=1S/C61H57N3/c1-38-57(40-18-10-7-11-19-40)62-59(63-58(38)45-25-24-44-33-49(39-16-8-6-9-17-39)47-22-14-15-23-48(47)50(44)34-45)41-26-28-46(29-27-41)64-55-35-43-21-13-12-20-42(43)32-51(55)52-36-53-54(37-56(52)64)61(4,5)31-30-60(53,2)3/h6-29,32,34-38,49,51,55,57-58H,30-31,33H2,1-5H3,(H,62,63). The molecule has 2 heterocycles. The smallest absolute Gasteiger partial charge is 0.129 e. The minimum Gasteiger partial charge on any atom is -0.363 e. The average molecular weight is 832 g/mol. The van der Waals surface area contributed by atoms with E-state index in [0.717, 1.165) is 17.8 Å². The number of fused-ring (bicyclic) bond motifs is 8. The van der Waals surface area contributed by atoms with E-state index in [1.807, 2.05) is 0 Å². The second kappa shape index (κ2) is 14.8. The van der Waals surface area contributed by atoms with Crippen LogP contribution in [0.5, 0.6) is 0 Å². The molecule has 3 nitrogen and oxygen atoms in total. The molecule has 316 valence electrons. The summed E-state index contributed by atoms with van der Waals surface area (Å²) in [5.74, 6) is 1.80. The van der Waals surface area contributed by atoms with Crippen LogP contribution >= 0.6 is 0 Å². The molecule has 7 aromatic carbocycles. The maximum atomic E-state index is 5.66. The van der Waals surface area contributed by atoms with Crippen molar-refractivity contribution in [2.24, 2.45) is 10.9 Å². The second-order valence-corrected chi connectivity index (χ2v) is 20.6. The van der Waals surface area contributed by atoms with Gasteiger partial charge < -0.3 is 10.2 Å². The fourth-order valence-corrected chi connectivity index (χ4v) is 12.2. The number of amidine groups is 1. The van der Waals surface area contributed by atoms with Gasteiger partial charge in [-0.25, -0.2) is 0 Å². The first-order valence-electron chi connectivity index (χ1n) is 23.6. The summed E-state index contributed by atoms with van der Waals surface area (Å²) in [5, 5.41) is 6.63. The quantitative estimate of drug-likeness (QED) is 0.187. The lowest BCUT2D eigenvalue weighted by Crippen LogP contribution is -2.40. The first-order valence-corrected chi connectivity index (χ1v) is 23.6. The van der Waals surface area contributed by atoms with Gasteiger partial charge in [0.1, 0.15) is 5.84 Å². The summed E-state index contributed by atoms with van der Waals surface area (Å²) in [5.41, 5.74) is 17.9. The maximum absolute atomic E-state index is 5.66. The molecular formula is C61H57N3. The Morgan fingerprint density at radius 1 is 0.578 bits per heavy atom. The van der Waals surface area contributed by atoms with Gasteiger partial charge in [0.15, 0.2) is 0 Å². The lowest BCUT2D eigenvalue weighted by Gasteiger charge is -2.42. The fraction of sp³-hybridized carbons (Fsp3) is 0.262. The van der Waals surface area contributed by atoms with Crippen LogP contribution in [0.15, 0.2) is 169 Å². The number of benzene rings is 7. The molecule has 3 heteroatoms. The minimum atomic E-state index is -0.0251. The average Bonchev–Trinajstić information content (AvgIpc) is 3.64. The van der Waals surface area contributed by atoms with Crippen molar-refractivity contribution in [2.45, 2.75) is 94.7 Å². The van der Waals surface area contributed by atoms with Crippen LogP contribution in [0, 0.1) is 5.92 Å². The molecular weight excluding hydrogens is 775 g/mol. The zero-order valence-electron chi connectivity index (χ0n) is 37.7. The third-order valence-corrected chi connectivity index (χ3v) is 15.9. The molecule has 0 aromatic heterocycles. The van der Waals surface area contributed by atoms with E-state index in [1.54, 1.807) is 0 Å². The number of hydrogen-bond acceptors (Lipinski definition) is 3. The highest BCUT2D eigenvalue weighted by molar-refractivity contribution is 6.00. The Hall–Kier alpha value is -6.45. The van der Waals surface area contributed by atoms with Crippen molar-refractivity contribution < 1.29 is 0 Å². The van der Waals surface area contributed by atoms with Crippen molar-refractivity contribution in [1.29, 1.82) is 0 Å². The van der Waals surface area contributed by atoms with E-state index in [1.165, 1.54) is 90.3 Å². The first-order chi connectivity index (χ1) is 31.1. The normalized spacial score (nSPS) is 24.2. The number of rotatable bonds is 5. The molecule has 0 amide bonds. The molecule has 0 saturated carbocycles. The van der Waals surface area contributed by atoms with Crippen molar-refractivity contribution in [3.05, 3.63) is 224 Å². The highest BCUT2D eigenvalue weighted by Crippen LogP contribution is 2.54.